The largest absolute Gasteiger partial charge is 0.457 e. The van der Waals surface area contributed by atoms with E-state index in [1.807, 2.05) is 4.57 Å². The number of rotatable bonds is 4. The lowest BCUT2D eigenvalue weighted by Gasteiger charge is -2.15. The molecule has 2 heterocycles. The minimum absolute atomic E-state index is 0.0865. The Kier molecular flexibility index (Phi) is 5.71. The molecule has 0 spiro atoms. The molecule has 0 unspecified atom stereocenters. The Morgan fingerprint density at radius 1 is 1.00 bits per heavy atom. The normalized spacial score (nSPS) is 13.2. The number of imidazole rings is 1. The third kappa shape index (κ3) is 4.78. The minimum atomic E-state index is -4.67. The summed E-state index contributed by atoms with van der Waals surface area (Å²) in [4.78, 5) is 28.1. The number of ether oxygens (including phenoxy) is 1. The number of alkyl halides is 3. The molecule has 184 valence electrons. The molecule has 5 rings (SSSR count). The fraction of sp³-hybridized carbons (Fsp3) is 0.125. The van der Waals surface area contributed by atoms with Crippen LogP contribution in [0.1, 0.15) is 12.0 Å². The summed E-state index contributed by atoms with van der Waals surface area (Å²) in [5.41, 5.74) is 0.143. The fourth-order valence-corrected chi connectivity index (χ4v) is 3.71. The minimum Gasteiger partial charge on any atom is -0.457 e. The summed E-state index contributed by atoms with van der Waals surface area (Å²) in [5.74, 6) is 0.380. The van der Waals surface area contributed by atoms with E-state index in [1.165, 1.54) is 12.1 Å². The lowest BCUT2D eigenvalue weighted by molar-refractivity contribution is -0.137. The van der Waals surface area contributed by atoms with Crippen molar-refractivity contribution < 1.29 is 31.9 Å². The predicted octanol–water partition coefficient (Wildman–Crippen LogP) is 5.97. The molecule has 0 aliphatic carbocycles. The van der Waals surface area contributed by atoms with Crippen molar-refractivity contribution in [2.24, 2.45) is 0 Å². The van der Waals surface area contributed by atoms with Crippen LogP contribution < -0.4 is 20.7 Å². The smallest absolute Gasteiger partial charge is 0.416 e. The Morgan fingerprint density at radius 3 is 2.50 bits per heavy atom. The van der Waals surface area contributed by atoms with Gasteiger partial charge in [-0.25, -0.2) is 14.2 Å². The number of urea groups is 1. The zero-order chi connectivity index (χ0) is 25.4. The number of hydrogen-bond acceptors (Lipinski definition) is 4. The number of halogens is 4. The first-order chi connectivity index (χ1) is 17.2. The molecule has 0 bridgehead atoms. The zero-order valence-electron chi connectivity index (χ0n) is 18.3. The SMILES string of the molecule is O=C1CCn2c(nc3ccc(Oc4ccc(NC(=O)Nc5cc(C(F)(F)F)ccc5F)cc4)cc32)N1. The number of anilines is 3. The van der Waals surface area contributed by atoms with E-state index in [0.29, 0.717) is 59.8 Å². The predicted molar refractivity (Wildman–Crippen MR) is 124 cm³/mol. The van der Waals surface area contributed by atoms with E-state index in [-0.39, 0.29) is 5.91 Å². The average Bonchev–Trinajstić information content (AvgIpc) is 3.18. The Balaban J connectivity index is 1.25. The van der Waals surface area contributed by atoms with Gasteiger partial charge in [0, 0.05) is 24.7 Å². The molecule has 1 aromatic heterocycles. The van der Waals surface area contributed by atoms with Gasteiger partial charge in [-0.2, -0.15) is 13.2 Å². The molecule has 0 saturated carbocycles. The second-order valence-corrected chi connectivity index (χ2v) is 7.93. The molecule has 3 amide bonds. The van der Waals surface area contributed by atoms with Crippen molar-refractivity contribution in [1.29, 1.82) is 0 Å². The molecule has 0 saturated heterocycles. The van der Waals surface area contributed by atoms with Gasteiger partial charge in [-0.15, -0.1) is 0 Å². The van der Waals surface area contributed by atoms with Crippen molar-refractivity contribution in [2.45, 2.75) is 19.1 Å². The van der Waals surface area contributed by atoms with Crippen LogP contribution in [0.2, 0.25) is 0 Å². The highest BCUT2D eigenvalue weighted by Crippen LogP contribution is 2.32. The monoisotopic (exact) mass is 499 g/mol. The fourth-order valence-electron chi connectivity index (χ4n) is 3.71. The van der Waals surface area contributed by atoms with E-state index in [4.69, 9.17) is 4.74 Å². The van der Waals surface area contributed by atoms with Crippen LogP contribution in [0.25, 0.3) is 11.0 Å². The van der Waals surface area contributed by atoms with Crippen LogP contribution >= 0.6 is 0 Å². The number of amides is 3. The first-order valence-corrected chi connectivity index (χ1v) is 10.7. The number of nitrogens with zero attached hydrogens (tertiary/aromatic N) is 2. The van der Waals surface area contributed by atoms with Crippen LogP contribution in [0.15, 0.2) is 60.7 Å². The van der Waals surface area contributed by atoms with Crippen LogP contribution in [0.5, 0.6) is 11.5 Å². The molecule has 36 heavy (non-hydrogen) atoms. The lowest BCUT2D eigenvalue weighted by Crippen LogP contribution is -2.23. The second kappa shape index (κ2) is 8.87. The van der Waals surface area contributed by atoms with Gasteiger partial charge < -0.3 is 19.9 Å². The van der Waals surface area contributed by atoms with Crippen LogP contribution in [-0.4, -0.2) is 21.5 Å². The topological polar surface area (TPSA) is 97.3 Å². The number of aromatic nitrogens is 2. The standard InChI is InChI=1S/C24H17F4N5O3/c25-17-7-1-13(24(26,27)28)11-19(17)31-23(35)29-14-2-4-15(5-3-14)36-16-6-8-18-20(12-16)33-10-9-21(34)32-22(33)30-18/h1-8,11-12H,9-10H2,(H2,29,31,35)(H,30,32,34). The van der Waals surface area contributed by atoms with E-state index >= 15 is 0 Å². The highest BCUT2D eigenvalue weighted by Gasteiger charge is 2.31. The molecule has 8 nitrogen and oxygen atoms in total. The van der Waals surface area contributed by atoms with Crippen molar-refractivity contribution in [3.05, 3.63) is 72.0 Å². The summed E-state index contributed by atoms with van der Waals surface area (Å²) in [5, 5.41) is 7.23. The van der Waals surface area contributed by atoms with Gasteiger partial charge >= 0.3 is 12.2 Å². The van der Waals surface area contributed by atoms with Crippen LogP contribution in [-0.2, 0) is 17.5 Å². The number of aryl methyl sites for hydroxylation is 1. The van der Waals surface area contributed by atoms with Crippen LogP contribution in [0.4, 0.5) is 39.7 Å². The Morgan fingerprint density at radius 2 is 1.75 bits per heavy atom. The molecule has 0 atom stereocenters. The van der Waals surface area contributed by atoms with Gasteiger partial charge in [0.15, 0.2) is 0 Å². The van der Waals surface area contributed by atoms with Gasteiger partial charge in [0.05, 0.1) is 22.3 Å². The lowest BCUT2D eigenvalue weighted by atomic mass is 10.2. The maximum Gasteiger partial charge on any atom is 0.416 e. The van der Waals surface area contributed by atoms with E-state index < -0.39 is 29.3 Å². The Labute approximate surface area is 200 Å². The average molecular weight is 499 g/mol. The van der Waals surface area contributed by atoms with Crippen molar-refractivity contribution in [3.8, 4) is 11.5 Å². The number of fused-ring (bicyclic) bond motifs is 3. The number of carbonyl (C=O) groups excluding carboxylic acids is 2. The Bertz CT molecular complexity index is 1480. The number of hydrogen-bond donors (Lipinski definition) is 3. The summed E-state index contributed by atoms with van der Waals surface area (Å²) < 4.78 is 60.2. The van der Waals surface area contributed by atoms with Gasteiger partial charge in [-0.05, 0) is 54.6 Å². The molecular formula is C24H17F4N5O3. The molecule has 4 aromatic rings. The van der Waals surface area contributed by atoms with Gasteiger partial charge in [-0.1, -0.05) is 0 Å². The Hall–Kier alpha value is -4.61. The molecule has 0 radical (unpaired) electrons. The summed E-state index contributed by atoms with van der Waals surface area (Å²) in [7, 11) is 0. The first-order valence-electron chi connectivity index (χ1n) is 10.7. The first kappa shape index (κ1) is 23.1. The van der Waals surface area contributed by atoms with E-state index in [2.05, 4.69) is 20.9 Å². The van der Waals surface area contributed by atoms with Gasteiger partial charge in [-0.3, -0.25) is 10.1 Å². The van der Waals surface area contributed by atoms with Crippen LogP contribution in [0, 0.1) is 5.82 Å². The zero-order valence-corrected chi connectivity index (χ0v) is 18.3. The van der Waals surface area contributed by atoms with E-state index in [0.717, 1.165) is 5.52 Å². The molecule has 0 fully saturated rings. The molecular weight excluding hydrogens is 482 g/mol. The quantitative estimate of drug-likeness (QED) is 0.301. The number of benzene rings is 3. The van der Waals surface area contributed by atoms with Gasteiger partial charge in [0.25, 0.3) is 0 Å². The van der Waals surface area contributed by atoms with Crippen LogP contribution in [0.3, 0.4) is 0 Å². The van der Waals surface area contributed by atoms with E-state index in [1.54, 1.807) is 30.3 Å². The van der Waals surface area contributed by atoms with Crippen molar-refractivity contribution >= 4 is 40.3 Å². The third-order valence-electron chi connectivity index (χ3n) is 5.42. The summed E-state index contributed by atoms with van der Waals surface area (Å²) in [6.07, 6.45) is -4.32. The number of carbonyl (C=O) groups is 2. The second-order valence-electron chi connectivity index (χ2n) is 7.93. The molecule has 3 aromatic carbocycles. The maximum absolute atomic E-state index is 13.9. The molecule has 1 aliphatic rings. The van der Waals surface area contributed by atoms with Gasteiger partial charge in [0.1, 0.15) is 17.3 Å². The summed E-state index contributed by atoms with van der Waals surface area (Å²) in [6.45, 7) is 0.508. The highest BCUT2D eigenvalue weighted by molar-refractivity contribution is 6.00. The van der Waals surface area contributed by atoms with Gasteiger partial charge in [0.2, 0.25) is 11.9 Å². The maximum atomic E-state index is 13.9. The van der Waals surface area contributed by atoms with E-state index in [9.17, 15) is 27.2 Å². The molecule has 3 N–H and O–H groups in total. The summed E-state index contributed by atoms with van der Waals surface area (Å²) >= 11 is 0. The number of nitrogens with one attached hydrogen (secondary N) is 3. The molecule has 1 aliphatic heterocycles. The molecule has 12 heteroatoms. The third-order valence-corrected chi connectivity index (χ3v) is 5.42. The van der Waals surface area contributed by atoms with Crippen molar-refractivity contribution in [2.75, 3.05) is 16.0 Å². The van der Waals surface area contributed by atoms with Crippen molar-refractivity contribution in [1.82, 2.24) is 9.55 Å². The van der Waals surface area contributed by atoms with Crippen molar-refractivity contribution in [3.63, 3.8) is 0 Å². The highest BCUT2D eigenvalue weighted by atomic mass is 19.4. The summed E-state index contributed by atoms with van der Waals surface area (Å²) in [6, 6.07) is 12.3.